The van der Waals surface area contributed by atoms with Gasteiger partial charge in [-0.25, -0.2) is 12.7 Å². The average molecular weight is 379 g/mol. The van der Waals surface area contributed by atoms with Gasteiger partial charge in [-0.1, -0.05) is 36.7 Å². The van der Waals surface area contributed by atoms with Crippen molar-refractivity contribution < 1.29 is 18.0 Å². The molecule has 2 aromatic carbocycles. The Balaban J connectivity index is 1.89. The maximum absolute atomic E-state index is 12.3. The van der Waals surface area contributed by atoms with Gasteiger partial charge in [-0.2, -0.15) is 0 Å². The molecule has 6 nitrogen and oxygen atoms in total. The molecule has 1 N–H and O–H groups in total. The van der Waals surface area contributed by atoms with Crippen molar-refractivity contribution in [1.82, 2.24) is 0 Å². The number of rotatable bonds is 3. The Morgan fingerprint density at radius 2 is 1.88 bits per heavy atom. The number of halogens is 1. The van der Waals surface area contributed by atoms with Crippen molar-refractivity contribution >= 4 is 44.8 Å². The van der Waals surface area contributed by atoms with Gasteiger partial charge in [-0.15, -0.1) is 0 Å². The standard InChI is InChI=1S/C17H15ClN2O4S/c1-11-10-25(23,24)20(17(11)22)13-7-8-14(15(18)9-13)16(21)19-12-5-3-2-4-6-12/h2-9,11H,10H2,1H3,(H,19,21)/t11-/m0/s1. The molecule has 2 aromatic rings. The van der Waals surface area contributed by atoms with Crippen molar-refractivity contribution in [1.29, 1.82) is 0 Å². The highest BCUT2D eigenvalue weighted by atomic mass is 35.5. The maximum atomic E-state index is 12.3. The Bertz CT molecular complexity index is 944. The topological polar surface area (TPSA) is 83.6 Å². The number of sulfonamides is 1. The van der Waals surface area contributed by atoms with Crippen LogP contribution in [0.25, 0.3) is 0 Å². The number of hydrogen-bond donors (Lipinski definition) is 1. The molecule has 1 aliphatic rings. The van der Waals surface area contributed by atoms with E-state index in [0.717, 1.165) is 4.31 Å². The SMILES string of the molecule is C[C@H]1CS(=O)(=O)N(c2ccc(C(=O)Nc3ccccc3)c(Cl)c2)C1=O. The van der Waals surface area contributed by atoms with Crippen LogP contribution < -0.4 is 9.62 Å². The fraction of sp³-hybridized carbons (Fsp3) is 0.176. The highest BCUT2D eigenvalue weighted by Crippen LogP contribution is 2.31. The largest absolute Gasteiger partial charge is 0.322 e. The third kappa shape index (κ3) is 3.38. The molecule has 3 rings (SSSR count). The van der Waals surface area contributed by atoms with Gasteiger partial charge in [0.2, 0.25) is 15.9 Å². The fourth-order valence-electron chi connectivity index (χ4n) is 2.62. The zero-order valence-electron chi connectivity index (χ0n) is 13.3. The lowest BCUT2D eigenvalue weighted by Gasteiger charge is -2.16. The summed E-state index contributed by atoms with van der Waals surface area (Å²) in [7, 11) is -3.71. The molecule has 1 atom stereocenters. The maximum Gasteiger partial charge on any atom is 0.257 e. The predicted molar refractivity (Wildman–Crippen MR) is 96.3 cm³/mol. The fourth-order valence-corrected chi connectivity index (χ4v) is 4.69. The Morgan fingerprint density at radius 1 is 1.20 bits per heavy atom. The van der Waals surface area contributed by atoms with Crippen molar-refractivity contribution in [2.24, 2.45) is 5.92 Å². The van der Waals surface area contributed by atoms with Gasteiger partial charge in [0, 0.05) is 5.69 Å². The highest BCUT2D eigenvalue weighted by Gasteiger charge is 2.42. The lowest BCUT2D eigenvalue weighted by molar-refractivity contribution is -0.119. The van der Waals surface area contributed by atoms with Crippen molar-refractivity contribution in [2.45, 2.75) is 6.92 Å². The Hall–Kier alpha value is -2.38. The van der Waals surface area contributed by atoms with Crippen LogP contribution >= 0.6 is 11.6 Å². The third-order valence-electron chi connectivity index (χ3n) is 3.82. The Labute approximate surface area is 150 Å². The molecular weight excluding hydrogens is 364 g/mol. The van der Waals surface area contributed by atoms with Crippen LogP contribution in [0.4, 0.5) is 11.4 Å². The number of nitrogens with zero attached hydrogens (tertiary/aromatic N) is 1. The number of benzene rings is 2. The van der Waals surface area contributed by atoms with Crippen LogP contribution in [0, 0.1) is 5.92 Å². The number of amides is 2. The molecule has 1 aliphatic heterocycles. The molecule has 130 valence electrons. The molecule has 1 fully saturated rings. The molecule has 0 aliphatic carbocycles. The highest BCUT2D eigenvalue weighted by molar-refractivity contribution is 7.94. The van der Waals surface area contributed by atoms with E-state index in [1.54, 1.807) is 31.2 Å². The predicted octanol–water partition coefficient (Wildman–Crippen LogP) is 2.90. The summed E-state index contributed by atoms with van der Waals surface area (Å²) in [4.78, 5) is 24.4. The lowest BCUT2D eigenvalue weighted by atomic mass is 10.1. The average Bonchev–Trinajstić information content (AvgIpc) is 2.75. The molecular formula is C17H15ClN2O4S. The van der Waals surface area contributed by atoms with Gasteiger partial charge in [0.15, 0.2) is 0 Å². The summed E-state index contributed by atoms with van der Waals surface area (Å²) in [6.45, 7) is 1.56. The quantitative estimate of drug-likeness (QED) is 0.890. The molecule has 0 bridgehead atoms. The summed E-state index contributed by atoms with van der Waals surface area (Å²) in [6, 6.07) is 13.0. The van der Waals surface area contributed by atoms with Crippen LogP contribution in [0.15, 0.2) is 48.5 Å². The smallest absolute Gasteiger partial charge is 0.257 e. The number of anilines is 2. The van der Waals surface area contributed by atoms with Crippen molar-refractivity contribution in [3.63, 3.8) is 0 Å². The van der Waals surface area contributed by atoms with Gasteiger partial charge in [0.25, 0.3) is 5.91 Å². The zero-order valence-corrected chi connectivity index (χ0v) is 14.8. The first-order chi connectivity index (χ1) is 11.8. The van der Waals surface area contributed by atoms with Gasteiger partial charge in [-0.3, -0.25) is 9.59 Å². The first kappa shape index (κ1) is 17.4. The van der Waals surface area contributed by atoms with Gasteiger partial charge in [0.05, 0.1) is 27.9 Å². The first-order valence-electron chi connectivity index (χ1n) is 7.52. The van der Waals surface area contributed by atoms with E-state index in [4.69, 9.17) is 11.6 Å². The van der Waals surface area contributed by atoms with Crippen LogP contribution in [0.3, 0.4) is 0 Å². The molecule has 1 saturated heterocycles. The second kappa shape index (κ2) is 6.50. The number of carbonyl (C=O) groups is 2. The molecule has 0 saturated carbocycles. The minimum Gasteiger partial charge on any atom is -0.322 e. The van der Waals surface area contributed by atoms with Crippen LogP contribution in [-0.2, 0) is 14.8 Å². The van der Waals surface area contributed by atoms with Gasteiger partial charge < -0.3 is 5.32 Å². The van der Waals surface area contributed by atoms with Gasteiger partial charge in [0.1, 0.15) is 0 Å². The van der Waals surface area contributed by atoms with E-state index in [2.05, 4.69) is 5.32 Å². The van der Waals surface area contributed by atoms with Crippen molar-refractivity contribution in [3.05, 3.63) is 59.1 Å². The monoisotopic (exact) mass is 378 g/mol. The summed E-state index contributed by atoms with van der Waals surface area (Å²) in [5.74, 6) is -1.77. The number of para-hydroxylation sites is 1. The normalized spacial score (nSPS) is 19.0. The summed E-state index contributed by atoms with van der Waals surface area (Å²) in [5, 5.41) is 2.76. The minimum absolute atomic E-state index is 0.0634. The molecule has 0 aromatic heterocycles. The van der Waals surface area contributed by atoms with Crippen molar-refractivity contribution in [3.8, 4) is 0 Å². The molecule has 2 amide bonds. The molecule has 25 heavy (non-hydrogen) atoms. The number of hydrogen-bond acceptors (Lipinski definition) is 4. The first-order valence-corrected chi connectivity index (χ1v) is 9.51. The van der Waals surface area contributed by atoms with E-state index in [-0.39, 0.29) is 22.0 Å². The summed E-state index contributed by atoms with van der Waals surface area (Å²) >= 11 is 6.15. The lowest BCUT2D eigenvalue weighted by Crippen LogP contribution is -2.30. The van der Waals surface area contributed by atoms with E-state index >= 15 is 0 Å². The third-order valence-corrected chi connectivity index (χ3v) is 6.01. The van der Waals surface area contributed by atoms with E-state index in [0.29, 0.717) is 5.69 Å². The summed E-state index contributed by atoms with van der Waals surface area (Å²) in [6.07, 6.45) is 0. The van der Waals surface area contributed by atoms with E-state index < -0.39 is 27.8 Å². The van der Waals surface area contributed by atoms with Crippen LogP contribution in [0.2, 0.25) is 5.02 Å². The van der Waals surface area contributed by atoms with Crippen molar-refractivity contribution in [2.75, 3.05) is 15.4 Å². The second-order valence-electron chi connectivity index (χ2n) is 5.77. The van der Waals surface area contributed by atoms with E-state index in [1.807, 2.05) is 6.07 Å². The molecule has 0 unspecified atom stereocenters. The van der Waals surface area contributed by atoms with Crippen LogP contribution in [0.1, 0.15) is 17.3 Å². The van der Waals surface area contributed by atoms with E-state index in [9.17, 15) is 18.0 Å². The van der Waals surface area contributed by atoms with Gasteiger partial charge >= 0.3 is 0 Å². The second-order valence-corrected chi connectivity index (χ2v) is 8.04. The summed E-state index contributed by atoms with van der Waals surface area (Å²) in [5.41, 5.74) is 0.931. The van der Waals surface area contributed by atoms with Gasteiger partial charge in [-0.05, 0) is 30.3 Å². The van der Waals surface area contributed by atoms with Crippen LogP contribution in [-0.4, -0.2) is 26.0 Å². The molecule has 0 radical (unpaired) electrons. The summed E-state index contributed by atoms with van der Waals surface area (Å²) < 4.78 is 25.0. The van der Waals surface area contributed by atoms with Crippen LogP contribution in [0.5, 0.6) is 0 Å². The molecule has 8 heteroatoms. The Morgan fingerprint density at radius 3 is 2.44 bits per heavy atom. The number of carbonyl (C=O) groups excluding carboxylic acids is 2. The minimum atomic E-state index is -3.71. The molecule has 0 spiro atoms. The Kier molecular flexibility index (Phi) is 4.53. The molecule has 1 heterocycles. The zero-order chi connectivity index (χ0) is 18.2. The number of nitrogens with one attached hydrogen (secondary N) is 1. The van der Waals surface area contributed by atoms with E-state index in [1.165, 1.54) is 18.2 Å².